The van der Waals surface area contributed by atoms with Crippen LogP contribution in [-0.2, 0) is 6.42 Å². The van der Waals surface area contributed by atoms with Crippen molar-refractivity contribution in [3.8, 4) is 34.2 Å². The molecule has 1 aliphatic carbocycles. The van der Waals surface area contributed by atoms with Crippen molar-refractivity contribution in [2.75, 3.05) is 5.73 Å². The van der Waals surface area contributed by atoms with Gasteiger partial charge in [0.15, 0.2) is 17.8 Å². The van der Waals surface area contributed by atoms with Gasteiger partial charge < -0.3 is 16.2 Å². The molecule has 0 saturated heterocycles. The van der Waals surface area contributed by atoms with Crippen molar-refractivity contribution in [1.29, 1.82) is 0 Å². The van der Waals surface area contributed by atoms with Gasteiger partial charge in [0.05, 0.1) is 34.1 Å². The lowest BCUT2D eigenvalue weighted by Gasteiger charge is -2.16. The second-order valence-electron chi connectivity index (χ2n) is 9.96. The number of carbonyl (C=O) groups excluding carboxylic acids is 2. The van der Waals surface area contributed by atoms with E-state index in [1.807, 2.05) is 46.3 Å². The van der Waals surface area contributed by atoms with Crippen molar-refractivity contribution in [2.45, 2.75) is 18.9 Å². The summed E-state index contributed by atoms with van der Waals surface area (Å²) in [5.41, 5.74) is 15.0. The number of nitrogens with two attached hydrogens (primary N) is 1. The summed E-state index contributed by atoms with van der Waals surface area (Å²) in [5, 5.41) is 14.8. The topological polar surface area (TPSA) is 149 Å². The summed E-state index contributed by atoms with van der Waals surface area (Å²) < 4.78 is 1.99. The number of pyridine rings is 2. The van der Waals surface area contributed by atoms with Gasteiger partial charge in [-0.15, -0.1) is 11.3 Å². The van der Waals surface area contributed by atoms with Crippen LogP contribution in [-0.4, -0.2) is 41.8 Å². The number of hydrogen-bond donors (Lipinski definition) is 3. The molecule has 4 aromatic heterocycles. The Balaban J connectivity index is 1.29. The molecule has 11 heteroatoms. The van der Waals surface area contributed by atoms with Crippen LogP contribution in [0, 0.1) is 0 Å². The molecule has 4 N–H and O–H groups in total. The molecule has 0 fully saturated rings. The van der Waals surface area contributed by atoms with E-state index < -0.39 is 0 Å². The molecule has 42 heavy (non-hydrogen) atoms. The number of phenols is 1. The zero-order valence-electron chi connectivity index (χ0n) is 22.1. The summed E-state index contributed by atoms with van der Waals surface area (Å²) in [6, 6.07) is 17.7. The highest BCUT2D eigenvalue weighted by Gasteiger charge is 2.26. The van der Waals surface area contributed by atoms with Gasteiger partial charge in [-0.3, -0.25) is 14.2 Å². The van der Waals surface area contributed by atoms with Crippen LogP contribution in [0.5, 0.6) is 5.75 Å². The maximum atomic E-state index is 13.0. The zero-order valence-corrected chi connectivity index (χ0v) is 22.9. The maximum absolute atomic E-state index is 13.0. The molecule has 7 rings (SSSR count). The maximum Gasteiger partial charge on any atom is 0.251 e. The van der Waals surface area contributed by atoms with Crippen LogP contribution in [0.25, 0.3) is 39.6 Å². The number of amides is 1. The molecule has 0 aliphatic heterocycles. The number of fused-ring (bicyclic) bond motifs is 2. The number of nitrogens with one attached hydrogen (secondary N) is 1. The van der Waals surface area contributed by atoms with Crippen LogP contribution in [0.1, 0.15) is 44.3 Å². The van der Waals surface area contributed by atoms with Gasteiger partial charge in [0, 0.05) is 22.8 Å². The Labute approximate surface area is 243 Å². The molecular formula is C31H23N7O3S. The van der Waals surface area contributed by atoms with Gasteiger partial charge in [0.1, 0.15) is 17.1 Å². The van der Waals surface area contributed by atoms with Crippen LogP contribution in [0.3, 0.4) is 0 Å². The number of aldehydes is 1. The Morgan fingerprint density at radius 2 is 1.98 bits per heavy atom. The van der Waals surface area contributed by atoms with Crippen molar-refractivity contribution in [2.24, 2.45) is 0 Å². The molecule has 0 bridgehead atoms. The second-order valence-corrected chi connectivity index (χ2v) is 10.7. The number of hydrogen-bond acceptors (Lipinski definition) is 9. The molecule has 0 saturated carbocycles. The zero-order chi connectivity index (χ0) is 28.8. The van der Waals surface area contributed by atoms with Gasteiger partial charge in [-0.2, -0.15) is 0 Å². The average molecular weight is 574 g/mol. The highest BCUT2D eigenvalue weighted by atomic mass is 32.1. The number of imidazole rings is 1. The molecule has 10 nitrogen and oxygen atoms in total. The molecule has 2 aromatic carbocycles. The summed E-state index contributed by atoms with van der Waals surface area (Å²) in [6.07, 6.45) is 3.66. The van der Waals surface area contributed by atoms with E-state index in [-0.39, 0.29) is 23.3 Å². The van der Waals surface area contributed by atoms with E-state index in [4.69, 9.17) is 15.7 Å². The average Bonchev–Trinajstić information content (AvgIpc) is 3.76. The minimum Gasteiger partial charge on any atom is -0.507 e. The standard InChI is InChI=1S/C31H23N7O3S/c32-28-22(2-1-11-33-28)29-36-25-9-8-24(26-15-42-16-34-26)35-30(25)38(29)20-5-6-21-17(13-20)3-7-23(21)37-31(41)18-4-10-27(40)19(12-18)14-39/h1-2,4-6,8-16,23,40H,3,7H2,(H2,32,33)(H,37,41)/t23-/m0/s1. The molecule has 0 unspecified atom stereocenters. The fourth-order valence-corrected chi connectivity index (χ4v) is 5.94. The first-order valence-corrected chi connectivity index (χ1v) is 14.2. The molecule has 1 atom stereocenters. The number of thiazole rings is 1. The van der Waals surface area contributed by atoms with Crippen LogP contribution in [0.4, 0.5) is 5.82 Å². The van der Waals surface area contributed by atoms with Crippen molar-refractivity contribution in [3.63, 3.8) is 0 Å². The highest BCUT2D eigenvalue weighted by Crippen LogP contribution is 2.36. The number of nitrogens with zero attached hydrogens (tertiary/aromatic N) is 5. The molecule has 4 heterocycles. The first-order valence-electron chi connectivity index (χ1n) is 13.2. The predicted octanol–water partition coefficient (Wildman–Crippen LogP) is 5.12. The monoisotopic (exact) mass is 573 g/mol. The number of aromatic nitrogens is 5. The molecule has 0 spiro atoms. The lowest BCUT2D eigenvalue weighted by atomic mass is 10.1. The minimum absolute atomic E-state index is 0.0725. The summed E-state index contributed by atoms with van der Waals surface area (Å²) in [4.78, 5) is 42.8. The number of aromatic hydroxyl groups is 1. The van der Waals surface area contributed by atoms with Gasteiger partial charge in [0.2, 0.25) is 0 Å². The van der Waals surface area contributed by atoms with Crippen LogP contribution < -0.4 is 11.1 Å². The highest BCUT2D eigenvalue weighted by molar-refractivity contribution is 7.07. The predicted molar refractivity (Wildman–Crippen MR) is 160 cm³/mol. The number of benzene rings is 2. The summed E-state index contributed by atoms with van der Waals surface area (Å²) in [6.45, 7) is 0. The van der Waals surface area contributed by atoms with E-state index in [1.54, 1.807) is 11.7 Å². The molecule has 6 aromatic rings. The smallest absolute Gasteiger partial charge is 0.251 e. The van der Waals surface area contributed by atoms with E-state index in [2.05, 4.69) is 21.4 Å². The SMILES string of the molecule is Nc1ncccc1-c1nc2ccc(-c3cscn3)nc2n1-c1ccc2c(c1)CC[C@@H]2NC(=O)c1ccc(O)c(C=O)c1. The summed E-state index contributed by atoms with van der Waals surface area (Å²) in [7, 11) is 0. The number of nitrogen functional groups attached to an aromatic ring is 1. The molecule has 1 amide bonds. The fourth-order valence-electron chi connectivity index (χ4n) is 5.40. The molecular weight excluding hydrogens is 550 g/mol. The van der Waals surface area contributed by atoms with Crippen LogP contribution in [0.15, 0.2) is 77.8 Å². The Morgan fingerprint density at radius 1 is 1.07 bits per heavy atom. The first kappa shape index (κ1) is 25.5. The van der Waals surface area contributed by atoms with Gasteiger partial charge >= 0.3 is 0 Å². The molecule has 1 aliphatic rings. The Hall–Kier alpha value is -5.42. The Morgan fingerprint density at radius 3 is 2.79 bits per heavy atom. The Bertz CT molecular complexity index is 2000. The normalized spacial score (nSPS) is 14.1. The minimum atomic E-state index is -0.311. The van der Waals surface area contributed by atoms with E-state index in [9.17, 15) is 14.7 Å². The number of anilines is 1. The summed E-state index contributed by atoms with van der Waals surface area (Å²) >= 11 is 1.51. The van der Waals surface area contributed by atoms with Crippen LogP contribution >= 0.6 is 11.3 Å². The van der Waals surface area contributed by atoms with Gasteiger partial charge in [-0.25, -0.2) is 19.9 Å². The lowest BCUT2D eigenvalue weighted by molar-refractivity contribution is 0.0936. The van der Waals surface area contributed by atoms with E-state index in [1.165, 1.54) is 29.5 Å². The van der Waals surface area contributed by atoms with Gasteiger partial charge in [-0.1, -0.05) is 6.07 Å². The van der Waals surface area contributed by atoms with Crippen molar-refractivity contribution >= 4 is 40.5 Å². The molecule has 0 radical (unpaired) electrons. The number of phenolic OH excluding ortho intramolecular Hbond substituents is 1. The van der Waals surface area contributed by atoms with Crippen LogP contribution in [0.2, 0.25) is 0 Å². The Kier molecular flexibility index (Phi) is 6.20. The van der Waals surface area contributed by atoms with E-state index in [0.717, 1.165) is 41.0 Å². The van der Waals surface area contributed by atoms with E-state index in [0.29, 0.717) is 40.2 Å². The van der Waals surface area contributed by atoms with Crippen molar-refractivity contribution in [1.82, 2.24) is 29.8 Å². The number of rotatable bonds is 6. The quantitative estimate of drug-likeness (QED) is 0.232. The third-order valence-corrected chi connectivity index (χ3v) is 8.05. The number of carbonyl (C=O) groups is 2. The van der Waals surface area contributed by atoms with Crippen molar-refractivity contribution < 1.29 is 14.7 Å². The van der Waals surface area contributed by atoms with Crippen molar-refractivity contribution in [3.05, 3.63) is 100 Å². The number of aryl methyl sites for hydroxylation is 1. The fraction of sp³-hybridized carbons (Fsp3) is 0.0968. The second kappa shape index (κ2) is 10.2. The van der Waals surface area contributed by atoms with Gasteiger partial charge in [-0.05, 0) is 78.6 Å². The van der Waals surface area contributed by atoms with E-state index >= 15 is 0 Å². The third kappa shape index (κ3) is 4.36. The van der Waals surface area contributed by atoms with Gasteiger partial charge in [0.25, 0.3) is 5.91 Å². The summed E-state index contributed by atoms with van der Waals surface area (Å²) in [5.74, 6) is 0.519. The lowest BCUT2D eigenvalue weighted by Crippen LogP contribution is -2.27. The molecule has 206 valence electrons. The largest absolute Gasteiger partial charge is 0.507 e. The first-order chi connectivity index (χ1) is 20.5. The third-order valence-electron chi connectivity index (χ3n) is 7.46.